The van der Waals surface area contributed by atoms with E-state index in [2.05, 4.69) is 10.1 Å². The average Bonchev–Trinajstić information content (AvgIpc) is 3.10. The lowest BCUT2D eigenvalue weighted by Gasteiger charge is -2.04. The van der Waals surface area contributed by atoms with E-state index in [9.17, 15) is 4.79 Å². The van der Waals surface area contributed by atoms with Crippen LogP contribution in [0.15, 0.2) is 42.0 Å². The van der Waals surface area contributed by atoms with Crippen LogP contribution in [0, 0.1) is 0 Å². The van der Waals surface area contributed by atoms with Crippen LogP contribution in [0.25, 0.3) is 16.3 Å². The second kappa shape index (κ2) is 4.01. The van der Waals surface area contributed by atoms with Crippen molar-refractivity contribution in [2.24, 2.45) is 5.73 Å². The van der Waals surface area contributed by atoms with E-state index in [-0.39, 0.29) is 5.91 Å². The van der Waals surface area contributed by atoms with Gasteiger partial charge < -0.3 is 5.73 Å². The van der Waals surface area contributed by atoms with Crippen LogP contribution < -0.4 is 5.73 Å². The van der Waals surface area contributed by atoms with Crippen molar-refractivity contribution >= 4 is 17.2 Å². The Kier molecular flexibility index (Phi) is 2.28. The number of hydrogen-bond acceptors (Lipinski definition) is 4. The summed E-state index contributed by atoms with van der Waals surface area (Å²) in [5.41, 5.74) is 10.7. The lowest BCUT2D eigenvalue weighted by Crippen LogP contribution is -2.20. The number of rotatable bonds is 2. The standard InChI is InChI=1S/C14H10N4OS/c15-14(19)10-9-6-17-18(8-4-2-1-3-5-8)12(9)13-11(10)16-7-20-13/h1-7,10H,(H2,15,19)/t10-/m0/s1. The molecule has 2 heterocycles. The molecule has 0 aliphatic heterocycles. The van der Waals surface area contributed by atoms with Crippen molar-refractivity contribution in [1.29, 1.82) is 0 Å². The second-order valence-corrected chi connectivity index (χ2v) is 5.45. The minimum atomic E-state index is -0.483. The average molecular weight is 282 g/mol. The van der Waals surface area contributed by atoms with Gasteiger partial charge in [-0.2, -0.15) is 5.10 Å². The van der Waals surface area contributed by atoms with Crippen molar-refractivity contribution in [3.63, 3.8) is 0 Å². The van der Waals surface area contributed by atoms with Crippen molar-refractivity contribution in [3.8, 4) is 16.3 Å². The van der Waals surface area contributed by atoms with Crippen LogP contribution in [-0.4, -0.2) is 20.7 Å². The Hall–Kier alpha value is -2.47. The number of nitrogens with two attached hydrogens (primary N) is 1. The molecule has 0 spiro atoms. The van der Waals surface area contributed by atoms with Crippen molar-refractivity contribution in [3.05, 3.63) is 53.3 Å². The molecule has 4 rings (SSSR count). The molecule has 6 heteroatoms. The molecule has 0 unspecified atom stereocenters. The van der Waals surface area contributed by atoms with Crippen molar-refractivity contribution in [1.82, 2.24) is 14.8 Å². The number of para-hydroxylation sites is 1. The molecule has 2 aromatic heterocycles. The van der Waals surface area contributed by atoms with Gasteiger partial charge in [0, 0.05) is 5.56 Å². The van der Waals surface area contributed by atoms with Gasteiger partial charge in [-0.05, 0) is 12.1 Å². The number of thiazole rings is 1. The lowest BCUT2D eigenvalue weighted by atomic mass is 10.0. The van der Waals surface area contributed by atoms with E-state index in [0.717, 1.165) is 27.5 Å². The fraction of sp³-hybridized carbons (Fsp3) is 0.0714. The molecule has 0 saturated carbocycles. The molecule has 98 valence electrons. The molecule has 0 bridgehead atoms. The predicted octanol–water partition coefficient (Wildman–Crippen LogP) is 1.93. The topological polar surface area (TPSA) is 73.8 Å². The summed E-state index contributed by atoms with van der Waals surface area (Å²) in [5, 5.41) is 4.41. The Labute approximate surface area is 118 Å². The first kappa shape index (κ1) is 11.4. The van der Waals surface area contributed by atoms with E-state index < -0.39 is 5.92 Å². The first-order valence-electron chi connectivity index (χ1n) is 6.14. The van der Waals surface area contributed by atoms with E-state index in [1.165, 1.54) is 11.3 Å². The van der Waals surface area contributed by atoms with E-state index in [4.69, 9.17) is 5.73 Å². The zero-order chi connectivity index (χ0) is 13.7. The second-order valence-electron chi connectivity index (χ2n) is 4.60. The van der Waals surface area contributed by atoms with Crippen molar-refractivity contribution in [2.75, 3.05) is 0 Å². The third-order valence-electron chi connectivity index (χ3n) is 3.48. The van der Waals surface area contributed by atoms with Gasteiger partial charge in [-0.25, -0.2) is 9.67 Å². The summed E-state index contributed by atoms with van der Waals surface area (Å²) in [7, 11) is 0. The quantitative estimate of drug-likeness (QED) is 0.780. The summed E-state index contributed by atoms with van der Waals surface area (Å²) < 4.78 is 1.84. The number of aromatic nitrogens is 3. The van der Waals surface area contributed by atoms with Crippen LogP contribution in [0.2, 0.25) is 0 Å². The van der Waals surface area contributed by atoms with Gasteiger partial charge in [0.2, 0.25) is 5.91 Å². The van der Waals surface area contributed by atoms with Gasteiger partial charge in [-0.15, -0.1) is 11.3 Å². The third kappa shape index (κ3) is 1.39. The van der Waals surface area contributed by atoms with E-state index in [1.807, 2.05) is 35.0 Å². The van der Waals surface area contributed by atoms with Crippen LogP contribution in [-0.2, 0) is 4.79 Å². The molecule has 1 aliphatic rings. The monoisotopic (exact) mass is 282 g/mol. The molecule has 0 radical (unpaired) electrons. The lowest BCUT2D eigenvalue weighted by molar-refractivity contribution is -0.118. The first-order valence-corrected chi connectivity index (χ1v) is 7.01. The number of primary amides is 1. The molecular formula is C14H10N4OS. The highest BCUT2D eigenvalue weighted by molar-refractivity contribution is 7.13. The maximum Gasteiger partial charge on any atom is 0.231 e. The van der Waals surface area contributed by atoms with Gasteiger partial charge in [0.25, 0.3) is 0 Å². The number of hydrogen-bond donors (Lipinski definition) is 1. The van der Waals surface area contributed by atoms with Crippen LogP contribution in [0.5, 0.6) is 0 Å². The Bertz CT molecular complexity index is 806. The minimum Gasteiger partial charge on any atom is -0.369 e. The molecular weight excluding hydrogens is 272 g/mol. The van der Waals surface area contributed by atoms with E-state index in [1.54, 1.807) is 11.7 Å². The van der Waals surface area contributed by atoms with Gasteiger partial charge in [-0.3, -0.25) is 4.79 Å². The summed E-state index contributed by atoms with van der Waals surface area (Å²) >= 11 is 1.51. The highest BCUT2D eigenvalue weighted by Crippen LogP contribution is 2.46. The molecule has 2 N–H and O–H groups in total. The number of nitrogens with zero attached hydrogens (tertiary/aromatic N) is 3. The fourth-order valence-corrected chi connectivity index (χ4v) is 3.52. The summed E-state index contributed by atoms with van der Waals surface area (Å²) in [4.78, 5) is 17.0. The van der Waals surface area contributed by atoms with Crippen LogP contribution in [0.4, 0.5) is 0 Å². The van der Waals surface area contributed by atoms with Crippen LogP contribution in [0.1, 0.15) is 17.2 Å². The van der Waals surface area contributed by atoms with E-state index in [0.29, 0.717) is 0 Å². The highest BCUT2D eigenvalue weighted by Gasteiger charge is 2.38. The number of carbonyl (C=O) groups is 1. The molecule has 3 aromatic rings. The zero-order valence-electron chi connectivity index (χ0n) is 10.4. The molecule has 1 aromatic carbocycles. The first-order chi connectivity index (χ1) is 9.77. The maximum atomic E-state index is 11.7. The van der Waals surface area contributed by atoms with Crippen molar-refractivity contribution in [2.45, 2.75) is 5.92 Å². The van der Waals surface area contributed by atoms with Crippen LogP contribution >= 0.6 is 11.3 Å². The van der Waals surface area contributed by atoms with Crippen LogP contribution in [0.3, 0.4) is 0 Å². The number of carbonyl (C=O) groups excluding carboxylic acids is 1. The molecule has 20 heavy (non-hydrogen) atoms. The smallest absolute Gasteiger partial charge is 0.231 e. The normalized spacial score (nSPS) is 15.9. The number of amides is 1. The Morgan fingerprint density at radius 2 is 2.10 bits per heavy atom. The Balaban J connectivity index is 1.99. The van der Waals surface area contributed by atoms with Gasteiger partial charge in [0.05, 0.1) is 33.7 Å². The molecule has 1 aliphatic carbocycles. The van der Waals surface area contributed by atoms with Crippen molar-refractivity contribution < 1.29 is 4.79 Å². The SMILES string of the molecule is NC(=O)[C@H]1c2cnn(-c3ccccc3)c2-c2scnc21. The summed E-state index contributed by atoms with van der Waals surface area (Å²) in [5.74, 6) is -0.868. The van der Waals surface area contributed by atoms with Gasteiger partial charge >= 0.3 is 0 Å². The van der Waals surface area contributed by atoms with Gasteiger partial charge in [-0.1, -0.05) is 18.2 Å². The minimum absolute atomic E-state index is 0.386. The summed E-state index contributed by atoms with van der Waals surface area (Å²) in [6.07, 6.45) is 1.71. The molecule has 0 saturated heterocycles. The predicted molar refractivity (Wildman–Crippen MR) is 75.7 cm³/mol. The summed E-state index contributed by atoms with van der Waals surface area (Å²) in [6.45, 7) is 0. The highest BCUT2D eigenvalue weighted by atomic mass is 32.1. The van der Waals surface area contributed by atoms with E-state index >= 15 is 0 Å². The van der Waals surface area contributed by atoms with Gasteiger partial charge in [0.15, 0.2) is 0 Å². The molecule has 1 atom stereocenters. The number of fused-ring (bicyclic) bond motifs is 3. The number of benzene rings is 1. The summed E-state index contributed by atoms with van der Waals surface area (Å²) in [6, 6.07) is 9.82. The molecule has 0 fully saturated rings. The fourth-order valence-electron chi connectivity index (χ4n) is 2.64. The maximum absolute atomic E-state index is 11.7. The molecule has 5 nitrogen and oxygen atoms in total. The molecule has 1 amide bonds. The van der Waals surface area contributed by atoms with Gasteiger partial charge in [0.1, 0.15) is 5.92 Å². The zero-order valence-corrected chi connectivity index (χ0v) is 11.2. The largest absolute Gasteiger partial charge is 0.369 e. The third-order valence-corrected chi connectivity index (χ3v) is 4.33. The Morgan fingerprint density at radius 1 is 1.30 bits per heavy atom. The Morgan fingerprint density at radius 3 is 2.85 bits per heavy atom.